The maximum absolute atomic E-state index is 14.9. The Kier molecular flexibility index (Phi) is 25.9. The van der Waals surface area contributed by atoms with E-state index in [0.717, 1.165) is 30.7 Å². The Morgan fingerprint density at radius 3 is 1.26 bits per heavy atom. The van der Waals surface area contributed by atoms with Crippen LogP contribution >= 0.6 is 0 Å². The van der Waals surface area contributed by atoms with E-state index in [0.29, 0.717) is 25.7 Å². The molecule has 28 heteroatoms. The van der Waals surface area contributed by atoms with E-state index in [4.69, 9.17) is 18.9 Å². The summed E-state index contributed by atoms with van der Waals surface area (Å²) in [5.74, 6) is -11.0. The van der Waals surface area contributed by atoms with E-state index in [2.05, 4.69) is 31.2 Å². The fourth-order valence-electron chi connectivity index (χ4n) is 11.2. The molecule has 0 bridgehead atoms. The second-order valence-corrected chi connectivity index (χ2v) is 24.0. The molecule has 0 aliphatic carbocycles. The van der Waals surface area contributed by atoms with Gasteiger partial charge in [-0.15, -0.1) is 0 Å². The van der Waals surface area contributed by atoms with E-state index in [1.54, 1.807) is 39.8 Å². The summed E-state index contributed by atoms with van der Waals surface area (Å²) in [5.41, 5.74) is 1.13. The highest BCUT2D eigenvalue weighted by atomic mass is 16.5. The number of ether oxygens (including phenoxy) is 4. The molecule has 28 nitrogen and oxygen atoms in total. The van der Waals surface area contributed by atoms with Crippen LogP contribution in [0.15, 0.2) is 97.3 Å². The molecule has 3 aliphatic rings. The first-order chi connectivity index (χ1) is 44.9. The number of pyridine rings is 2. The minimum atomic E-state index is -1.67. The van der Waals surface area contributed by atoms with E-state index in [-0.39, 0.29) is 62.0 Å². The van der Waals surface area contributed by atoms with Crippen molar-refractivity contribution >= 4 is 71.0 Å². The lowest BCUT2D eigenvalue weighted by atomic mass is 10.00. The van der Waals surface area contributed by atoms with Gasteiger partial charge in [0.1, 0.15) is 62.7 Å². The number of hydrogen-bond donors (Lipinski definition) is 4. The third-order valence-electron chi connectivity index (χ3n) is 16.4. The average Bonchev–Trinajstić information content (AvgIpc) is 1.00. The van der Waals surface area contributed by atoms with Gasteiger partial charge in [-0.1, -0.05) is 88.4 Å². The zero-order chi connectivity index (χ0) is 68.2. The number of amides is 10. The number of fused-ring (bicyclic) bond motifs is 2. The molecule has 4 N–H and O–H groups in total. The summed E-state index contributed by atoms with van der Waals surface area (Å²) < 4.78 is 23.6. The normalized spacial score (nSPS) is 22.0. The fraction of sp³-hybridized carbons (Fsp3) is 0.485. The van der Waals surface area contributed by atoms with Crippen LogP contribution in [0.4, 0.5) is 0 Å². The van der Waals surface area contributed by atoms with Crippen molar-refractivity contribution in [3.05, 3.63) is 120 Å². The largest absolute Gasteiger partial charge is 0.486 e. The van der Waals surface area contributed by atoms with Crippen LogP contribution in [0.2, 0.25) is 0 Å². The monoisotopic (exact) mass is 1300 g/mol. The number of cyclic esters (lactones) is 2. The first-order valence-electron chi connectivity index (χ1n) is 31.3. The Balaban J connectivity index is 1.16. The van der Waals surface area contributed by atoms with Gasteiger partial charge in [-0.3, -0.25) is 47.9 Å². The van der Waals surface area contributed by atoms with Crippen LogP contribution in [-0.4, -0.2) is 227 Å². The van der Waals surface area contributed by atoms with Crippen LogP contribution in [0.5, 0.6) is 11.5 Å². The number of piperidine rings is 2. The fourth-order valence-corrected chi connectivity index (χ4v) is 11.2. The number of likely N-dealkylation sites (N-methyl/N-ethyl adjacent to an activating group) is 4. The van der Waals surface area contributed by atoms with Gasteiger partial charge in [-0.05, 0) is 85.8 Å². The zero-order valence-electron chi connectivity index (χ0n) is 54.3. The quantitative estimate of drug-likeness (QED) is 0.146. The molecule has 5 heterocycles. The molecular weight excluding hydrogens is 1220 g/mol. The molecule has 6 atom stereocenters. The summed E-state index contributed by atoms with van der Waals surface area (Å²) in [5, 5.41) is 10.4. The summed E-state index contributed by atoms with van der Waals surface area (Å²) in [7, 11) is 5.25. The molecule has 2 aromatic carbocycles. The van der Waals surface area contributed by atoms with Crippen molar-refractivity contribution in [2.75, 3.05) is 80.7 Å². The average molecular weight is 1300 g/mol. The molecule has 2 aromatic heterocycles. The topological polar surface area (TPSA) is 335 Å². The predicted molar refractivity (Wildman–Crippen MR) is 337 cm³/mol. The Morgan fingerprint density at radius 2 is 0.894 bits per heavy atom. The molecule has 0 radical (unpaired) electrons. The molecule has 94 heavy (non-hydrogen) atoms. The SMILES string of the molecule is CC(C)[C@H]1C(=O)OC[C@@H](NC(=O)c2ncccc2OCc2ccccc2)C(=O)N2CCCC[C@H]2C(=O)NCC(=O)N(C)CC(=O)N(C)[C@@H](C(C)C)C(=O)OC[C@@H](NC(=O)c2ncccc2OCc2ccccc2)C(=O)N2CCCC[C@H]2C(=O)NCC(=O)N(C)CC(=O)N1C. The van der Waals surface area contributed by atoms with Gasteiger partial charge in [0.15, 0.2) is 22.9 Å². The summed E-state index contributed by atoms with van der Waals surface area (Å²) in [6, 6.07) is 15.9. The van der Waals surface area contributed by atoms with Crippen LogP contribution in [0, 0.1) is 11.8 Å². The number of hydrogen-bond acceptors (Lipinski definition) is 18. The van der Waals surface area contributed by atoms with Crippen molar-refractivity contribution in [3.63, 3.8) is 0 Å². The number of nitrogens with one attached hydrogen (secondary N) is 4. The lowest BCUT2D eigenvalue weighted by Crippen LogP contribution is -2.59. The van der Waals surface area contributed by atoms with Gasteiger partial charge in [0, 0.05) is 53.7 Å². The van der Waals surface area contributed by atoms with Gasteiger partial charge in [-0.25, -0.2) is 19.6 Å². The Hall–Kier alpha value is -10.0. The molecule has 3 aliphatic heterocycles. The molecule has 0 spiro atoms. The minimum Gasteiger partial charge on any atom is -0.486 e. The number of nitrogens with zero attached hydrogens (tertiary/aromatic N) is 8. The Labute approximate surface area is 545 Å². The van der Waals surface area contributed by atoms with Crippen molar-refractivity contribution in [2.24, 2.45) is 11.8 Å². The van der Waals surface area contributed by atoms with E-state index in [1.807, 2.05) is 60.7 Å². The third-order valence-corrected chi connectivity index (χ3v) is 16.4. The molecule has 0 saturated carbocycles. The first kappa shape index (κ1) is 71.4. The van der Waals surface area contributed by atoms with Crippen molar-refractivity contribution < 1.29 is 76.5 Å². The van der Waals surface area contributed by atoms with Gasteiger partial charge >= 0.3 is 11.9 Å². The second-order valence-electron chi connectivity index (χ2n) is 24.0. The maximum Gasteiger partial charge on any atom is 0.329 e. The number of rotatable bonds is 12. The number of carbonyl (C=O) groups is 12. The molecule has 3 saturated heterocycles. The van der Waals surface area contributed by atoms with Crippen molar-refractivity contribution in [2.45, 2.75) is 116 Å². The predicted octanol–water partition coefficient (Wildman–Crippen LogP) is 1.51. The lowest BCUT2D eigenvalue weighted by molar-refractivity contribution is -0.159. The van der Waals surface area contributed by atoms with Crippen molar-refractivity contribution in [1.29, 1.82) is 0 Å². The summed E-state index contributed by atoms with van der Waals surface area (Å²) in [6.45, 7) is 2.58. The van der Waals surface area contributed by atoms with Gasteiger partial charge in [0.05, 0.1) is 26.2 Å². The number of benzene rings is 2. The summed E-state index contributed by atoms with van der Waals surface area (Å²) >= 11 is 0. The minimum absolute atomic E-state index is 0.00378. The molecule has 504 valence electrons. The molecule has 7 rings (SSSR count). The van der Waals surface area contributed by atoms with Gasteiger partial charge < -0.3 is 69.6 Å². The summed E-state index contributed by atoms with van der Waals surface area (Å²) in [4.78, 5) is 186. The smallest absolute Gasteiger partial charge is 0.329 e. The molecule has 4 aromatic rings. The van der Waals surface area contributed by atoms with Crippen LogP contribution in [0.25, 0.3) is 0 Å². The van der Waals surface area contributed by atoms with Crippen LogP contribution < -0.4 is 30.7 Å². The van der Waals surface area contributed by atoms with E-state index < -0.39 is 158 Å². The van der Waals surface area contributed by atoms with Crippen molar-refractivity contribution in [3.8, 4) is 11.5 Å². The first-order valence-corrected chi connectivity index (χ1v) is 31.3. The highest BCUT2D eigenvalue weighted by molar-refractivity contribution is 6.01. The second kappa shape index (κ2) is 34.0. The zero-order valence-corrected chi connectivity index (χ0v) is 54.3. The van der Waals surface area contributed by atoms with E-state index in [1.165, 1.54) is 62.5 Å². The lowest BCUT2D eigenvalue weighted by Gasteiger charge is -2.37. The molecule has 0 unspecified atom stereocenters. The molecule has 10 amide bonds. The number of esters is 2. The van der Waals surface area contributed by atoms with Gasteiger partial charge in [-0.2, -0.15) is 0 Å². The number of aromatic nitrogens is 2. The standard InChI is InChI=1S/C66H84N12O16/c1-41(2)57-65(89)93-39-45(71-61(85)55-49(27-19-29-67-55)91-37-43-21-11-9-12-22-43)63(87)77-31-17-15-25-47(77)59(83)70-34-52(80)74(6)36-54(82)76(8)58(42(3)4)66(90)94-40-46(72-62(86)56-50(28-20-30-68-56)92-38-44-23-13-10-14-24-44)64(88)78-32-18-16-26-48(78)60(84)69-33-51(79)73(5)35-53(81)75(57)7/h9-14,19-24,27-30,41-42,45-48,57-58H,15-18,25-26,31-40H2,1-8H3,(H,69,84)(H,70,83)(H,71,85)(H,72,86)/t45-,46-,47+,48+,57+,58+/m1/s1. The van der Waals surface area contributed by atoms with E-state index in [9.17, 15) is 57.5 Å². The third kappa shape index (κ3) is 19.1. The molecular formula is C66H84N12O16. The van der Waals surface area contributed by atoms with Gasteiger partial charge in [0.2, 0.25) is 47.3 Å². The number of carbonyl (C=O) groups excluding carboxylic acids is 12. The van der Waals surface area contributed by atoms with Crippen LogP contribution in [-0.2, 0) is 70.6 Å². The Morgan fingerprint density at radius 1 is 0.521 bits per heavy atom. The Bertz CT molecular complexity index is 3160. The summed E-state index contributed by atoms with van der Waals surface area (Å²) in [6.07, 6.45) is 4.74. The van der Waals surface area contributed by atoms with Crippen molar-refractivity contribution in [1.82, 2.24) is 60.6 Å². The van der Waals surface area contributed by atoms with Crippen LogP contribution in [0.3, 0.4) is 0 Å². The molecule has 3 fully saturated rings. The van der Waals surface area contributed by atoms with Gasteiger partial charge in [0.25, 0.3) is 11.8 Å². The highest BCUT2D eigenvalue weighted by Crippen LogP contribution is 2.25. The highest BCUT2D eigenvalue weighted by Gasteiger charge is 2.42. The maximum atomic E-state index is 14.9. The van der Waals surface area contributed by atoms with E-state index >= 15 is 0 Å². The van der Waals surface area contributed by atoms with Crippen LogP contribution in [0.1, 0.15) is 98.3 Å².